The SMILES string of the molecule is COc1ccccc1CC(=O)N1CSC[C@H]1C(=O)O. The normalized spacial score (nSPS) is 18.4. The lowest BCUT2D eigenvalue weighted by atomic mass is 10.1. The van der Waals surface area contributed by atoms with Crippen molar-refractivity contribution >= 4 is 23.6 Å². The molecule has 0 unspecified atom stereocenters. The van der Waals surface area contributed by atoms with E-state index < -0.39 is 12.0 Å². The van der Waals surface area contributed by atoms with Crippen molar-refractivity contribution in [3.8, 4) is 5.75 Å². The fraction of sp³-hybridized carbons (Fsp3) is 0.385. The Kier molecular flexibility index (Phi) is 4.31. The number of hydrogen-bond acceptors (Lipinski definition) is 4. The summed E-state index contributed by atoms with van der Waals surface area (Å²) in [6, 6.07) is 6.55. The van der Waals surface area contributed by atoms with Gasteiger partial charge in [-0.05, 0) is 6.07 Å². The summed E-state index contributed by atoms with van der Waals surface area (Å²) in [4.78, 5) is 24.7. The van der Waals surface area contributed by atoms with E-state index in [9.17, 15) is 9.59 Å². The Labute approximate surface area is 115 Å². The number of rotatable bonds is 4. The largest absolute Gasteiger partial charge is 0.496 e. The van der Waals surface area contributed by atoms with Gasteiger partial charge in [-0.1, -0.05) is 18.2 Å². The monoisotopic (exact) mass is 281 g/mol. The van der Waals surface area contributed by atoms with Crippen molar-refractivity contribution in [3.05, 3.63) is 29.8 Å². The lowest BCUT2D eigenvalue weighted by Crippen LogP contribution is -2.42. The molecule has 0 saturated carbocycles. The van der Waals surface area contributed by atoms with Crippen molar-refractivity contribution in [1.82, 2.24) is 4.90 Å². The average Bonchev–Trinajstić information content (AvgIpc) is 2.88. The molecule has 0 aromatic heterocycles. The second-order valence-electron chi connectivity index (χ2n) is 4.21. The maximum atomic E-state index is 12.2. The molecule has 1 fully saturated rings. The van der Waals surface area contributed by atoms with E-state index in [0.717, 1.165) is 5.56 Å². The van der Waals surface area contributed by atoms with Gasteiger partial charge in [-0.2, -0.15) is 0 Å². The molecule has 2 rings (SSSR count). The van der Waals surface area contributed by atoms with E-state index >= 15 is 0 Å². The molecule has 6 heteroatoms. The van der Waals surface area contributed by atoms with E-state index in [4.69, 9.17) is 9.84 Å². The van der Waals surface area contributed by atoms with Crippen molar-refractivity contribution in [1.29, 1.82) is 0 Å². The molecule has 1 amide bonds. The number of carbonyl (C=O) groups is 2. The van der Waals surface area contributed by atoms with Crippen molar-refractivity contribution in [2.24, 2.45) is 0 Å². The van der Waals surface area contributed by atoms with Crippen LogP contribution in [0.3, 0.4) is 0 Å². The molecule has 0 aliphatic carbocycles. The molecule has 0 bridgehead atoms. The van der Waals surface area contributed by atoms with Gasteiger partial charge in [-0.25, -0.2) is 4.79 Å². The maximum Gasteiger partial charge on any atom is 0.327 e. The van der Waals surface area contributed by atoms with Gasteiger partial charge in [0.2, 0.25) is 5.91 Å². The molecular formula is C13H15NO4S. The predicted molar refractivity (Wildman–Crippen MR) is 72.3 cm³/mol. The van der Waals surface area contributed by atoms with Crippen molar-refractivity contribution in [2.75, 3.05) is 18.7 Å². The molecule has 5 nitrogen and oxygen atoms in total. The van der Waals surface area contributed by atoms with E-state index in [1.807, 2.05) is 18.2 Å². The minimum absolute atomic E-state index is 0.161. The van der Waals surface area contributed by atoms with Crippen molar-refractivity contribution < 1.29 is 19.4 Å². The Morgan fingerprint density at radius 1 is 1.47 bits per heavy atom. The van der Waals surface area contributed by atoms with Gasteiger partial charge in [-0.3, -0.25) is 4.79 Å². The quantitative estimate of drug-likeness (QED) is 0.899. The molecule has 0 radical (unpaired) electrons. The van der Waals surface area contributed by atoms with Gasteiger partial charge in [0, 0.05) is 11.3 Å². The zero-order chi connectivity index (χ0) is 13.8. The number of carboxylic acid groups (broad SMARTS) is 1. The van der Waals surface area contributed by atoms with Gasteiger partial charge in [0.05, 0.1) is 19.4 Å². The first kappa shape index (κ1) is 13.7. The molecule has 1 aromatic rings. The number of carboxylic acids is 1. The third kappa shape index (κ3) is 3.01. The van der Waals surface area contributed by atoms with Gasteiger partial charge in [-0.15, -0.1) is 11.8 Å². The van der Waals surface area contributed by atoms with Gasteiger partial charge in [0.25, 0.3) is 0 Å². The standard InChI is InChI=1S/C13H15NO4S/c1-18-11-5-3-2-4-9(11)6-12(15)14-8-19-7-10(14)13(16)17/h2-5,10H,6-8H2,1H3,(H,16,17)/t10-/m0/s1. The predicted octanol–water partition coefficient (Wildman–Crippen LogP) is 1.22. The van der Waals surface area contributed by atoms with Crippen molar-refractivity contribution in [3.63, 3.8) is 0 Å². The number of ether oxygens (including phenoxy) is 1. The smallest absolute Gasteiger partial charge is 0.327 e. The molecule has 1 aliphatic rings. The number of methoxy groups -OCH3 is 1. The van der Waals surface area contributed by atoms with Crippen LogP contribution >= 0.6 is 11.8 Å². The van der Waals surface area contributed by atoms with E-state index in [1.54, 1.807) is 13.2 Å². The van der Waals surface area contributed by atoms with E-state index in [0.29, 0.717) is 17.4 Å². The fourth-order valence-electron chi connectivity index (χ4n) is 2.01. The lowest BCUT2D eigenvalue weighted by molar-refractivity contribution is -0.147. The highest BCUT2D eigenvalue weighted by molar-refractivity contribution is 7.99. The molecule has 102 valence electrons. The maximum absolute atomic E-state index is 12.2. The number of hydrogen-bond donors (Lipinski definition) is 1. The first-order valence-corrected chi connectivity index (χ1v) is 7.01. The third-order valence-electron chi connectivity index (χ3n) is 3.02. The Morgan fingerprint density at radius 2 is 2.21 bits per heavy atom. The van der Waals surface area contributed by atoms with Crippen LogP contribution in [0.15, 0.2) is 24.3 Å². The lowest BCUT2D eigenvalue weighted by Gasteiger charge is -2.20. The Balaban J connectivity index is 2.10. The second kappa shape index (κ2) is 5.97. The van der Waals surface area contributed by atoms with Crippen LogP contribution in [0, 0.1) is 0 Å². The van der Waals surface area contributed by atoms with E-state index in [-0.39, 0.29) is 12.3 Å². The molecule has 1 saturated heterocycles. The number of benzene rings is 1. The molecule has 1 N–H and O–H groups in total. The number of amides is 1. The minimum atomic E-state index is -0.946. The van der Waals surface area contributed by atoms with E-state index in [2.05, 4.69) is 0 Å². The Morgan fingerprint density at radius 3 is 2.89 bits per heavy atom. The Hall–Kier alpha value is -1.69. The zero-order valence-corrected chi connectivity index (χ0v) is 11.4. The van der Waals surface area contributed by atoms with Crippen LogP contribution in [-0.4, -0.2) is 46.7 Å². The highest BCUT2D eigenvalue weighted by Gasteiger charge is 2.34. The summed E-state index contributed by atoms with van der Waals surface area (Å²) in [7, 11) is 1.55. The number of para-hydroxylation sites is 1. The zero-order valence-electron chi connectivity index (χ0n) is 10.5. The first-order valence-electron chi connectivity index (χ1n) is 5.85. The number of thioether (sulfide) groups is 1. The topological polar surface area (TPSA) is 66.8 Å². The Bertz CT molecular complexity index is 491. The summed E-state index contributed by atoms with van der Waals surface area (Å²) in [6.07, 6.45) is 0.161. The highest BCUT2D eigenvalue weighted by Crippen LogP contribution is 2.24. The van der Waals surface area contributed by atoms with Crippen molar-refractivity contribution in [2.45, 2.75) is 12.5 Å². The van der Waals surface area contributed by atoms with Crippen LogP contribution in [0.25, 0.3) is 0 Å². The van der Waals surface area contributed by atoms with Gasteiger partial charge >= 0.3 is 5.97 Å². The summed E-state index contributed by atoms with van der Waals surface area (Å²) in [6.45, 7) is 0. The fourth-order valence-corrected chi connectivity index (χ4v) is 3.18. The van der Waals surface area contributed by atoms with Crippen LogP contribution < -0.4 is 4.74 Å². The van der Waals surface area contributed by atoms with E-state index in [1.165, 1.54) is 16.7 Å². The summed E-state index contributed by atoms with van der Waals surface area (Å²) in [5.74, 6) is 0.410. The first-order chi connectivity index (χ1) is 9.13. The molecule has 0 spiro atoms. The third-order valence-corrected chi connectivity index (χ3v) is 4.03. The second-order valence-corrected chi connectivity index (χ2v) is 5.21. The molecule has 1 aliphatic heterocycles. The van der Waals surface area contributed by atoms with Crippen LogP contribution in [0.5, 0.6) is 5.75 Å². The summed E-state index contributed by atoms with van der Waals surface area (Å²) >= 11 is 1.46. The molecule has 1 atom stereocenters. The summed E-state index contributed by atoms with van der Waals surface area (Å²) < 4.78 is 5.19. The molecular weight excluding hydrogens is 266 g/mol. The van der Waals surface area contributed by atoms with Crippen LogP contribution in [0.2, 0.25) is 0 Å². The minimum Gasteiger partial charge on any atom is -0.496 e. The summed E-state index contributed by atoms with van der Waals surface area (Å²) in [5.41, 5.74) is 0.774. The van der Waals surface area contributed by atoms with Crippen LogP contribution in [-0.2, 0) is 16.0 Å². The number of carbonyl (C=O) groups excluding carboxylic acids is 1. The average molecular weight is 281 g/mol. The molecule has 1 heterocycles. The van der Waals surface area contributed by atoms with Crippen LogP contribution in [0.4, 0.5) is 0 Å². The highest BCUT2D eigenvalue weighted by atomic mass is 32.2. The molecule has 1 aromatic carbocycles. The van der Waals surface area contributed by atoms with Crippen LogP contribution in [0.1, 0.15) is 5.56 Å². The number of aliphatic carboxylic acids is 1. The van der Waals surface area contributed by atoms with Gasteiger partial charge < -0.3 is 14.7 Å². The number of nitrogens with zero attached hydrogens (tertiary/aromatic N) is 1. The summed E-state index contributed by atoms with van der Waals surface area (Å²) in [5, 5.41) is 9.07. The van der Waals surface area contributed by atoms with Gasteiger partial charge in [0.15, 0.2) is 0 Å². The van der Waals surface area contributed by atoms with Gasteiger partial charge in [0.1, 0.15) is 11.8 Å². The molecule has 19 heavy (non-hydrogen) atoms.